The van der Waals surface area contributed by atoms with Crippen LogP contribution in [0.25, 0.3) is 0 Å². The van der Waals surface area contributed by atoms with Crippen LogP contribution in [0.3, 0.4) is 0 Å². The summed E-state index contributed by atoms with van der Waals surface area (Å²) in [6, 6.07) is 0. The fraction of sp³-hybridized carbons (Fsp3) is 0.778. The molecule has 0 bridgehead atoms. The van der Waals surface area contributed by atoms with Gasteiger partial charge in [-0.2, -0.15) is 0 Å². The molecule has 0 amide bonds. The van der Waals surface area contributed by atoms with Gasteiger partial charge >= 0.3 is 0 Å². The zero-order chi connectivity index (χ0) is 10.5. The summed E-state index contributed by atoms with van der Waals surface area (Å²) in [6.07, 6.45) is 2.06. The normalized spacial score (nSPS) is 21.8. The van der Waals surface area contributed by atoms with E-state index in [1.54, 1.807) is 4.68 Å². The maximum atomic E-state index is 5.49. The number of hydrogen-bond donors (Lipinski definition) is 1. The predicted molar refractivity (Wildman–Crippen MR) is 53.3 cm³/mol. The number of aryl methyl sites for hydroxylation is 1. The van der Waals surface area contributed by atoms with E-state index in [1.807, 2.05) is 13.2 Å². The van der Waals surface area contributed by atoms with Crippen LogP contribution in [0.2, 0.25) is 0 Å². The van der Waals surface area contributed by atoms with Crippen LogP contribution in [0.4, 0.5) is 0 Å². The van der Waals surface area contributed by atoms with Crippen molar-refractivity contribution in [2.45, 2.75) is 12.6 Å². The maximum Gasteiger partial charge on any atom is 0.0964 e. The molecule has 2 rings (SSSR count). The van der Waals surface area contributed by atoms with Gasteiger partial charge in [-0.15, -0.1) is 5.10 Å². The fourth-order valence-corrected chi connectivity index (χ4v) is 1.49. The molecule has 6 nitrogen and oxygen atoms in total. The fourth-order valence-electron chi connectivity index (χ4n) is 1.49. The van der Waals surface area contributed by atoms with E-state index >= 15 is 0 Å². The van der Waals surface area contributed by atoms with Crippen molar-refractivity contribution in [2.75, 3.05) is 26.4 Å². The van der Waals surface area contributed by atoms with Crippen molar-refractivity contribution in [3.8, 4) is 0 Å². The molecule has 84 valence electrons. The summed E-state index contributed by atoms with van der Waals surface area (Å²) in [5.41, 5.74) is 0.939. The average molecular weight is 212 g/mol. The summed E-state index contributed by atoms with van der Waals surface area (Å²) >= 11 is 0. The van der Waals surface area contributed by atoms with Gasteiger partial charge in [-0.1, -0.05) is 5.21 Å². The standard InChI is InChI=1S/C9H16N4O2/c1-13-6-8(11-12-13)4-10-5-9-7-14-2-3-15-9/h6,9-10H,2-5,7H2,1H3. The van der Waals surface area contributed by atoms with E-state index in [-0.39, 0.29) is 6.10 Å². The Balaban J connectivity index is 1.65. The van der Waals surface area contributed by atoms with Crippen molar-refractivity contribution in [1.29, 1.82) is 0 Å². The van der Waals surface area contributed by atoms with Gasteiger partial charge in [0, 0.05) is 26.3 Å². The SMILES string of the molecule is Cn1cc(CNCC2COCCO2)nn1. The first kappa shape index (κ1) is 10.5. The molecular formula is C9H16N4O2. The second kappa shape index (κ2) is 5.20. The Labute approximate surface area is 88.6 Å². The van der Waals surface area contributed by atoms with E-state index in [4.69, 9.17) is 9.47 Å². The molecule has 1 unspecified atom stereocenters. The summed E-state index contributed by atoms with van der Waals surface area (Å²) in [5, 5.41) is 11.1. The first-order valence-corrected chi connectivity index (χ1v) is 5.10. The Morgan fingerprint density at radius 3 is 3.20 bits per heavy atom. The Morgan fingerprint density at radius 1 is 1.60 bits per heavy atom. The lowest BCUT2D eigenvalue weighted by molar-refractivity contribution is -0.0864. The first-order chi connectivity index (χ1) is 7.34. The molecule has 1 atom stereocenters. The van der Waals surface area contributed by atoms with E-state index in [0.717, 1.165) is 12.2 Å². The molecule has 1 N–H and O–H groups in total. The third-order valence-corrected chi connectivity index (χ3v) is 2.21. The van der Waals surface area contributed by atoms with Gasteiger partial charge in [-0.05, 0) is 0 Å². The number of nitrogens with one attached hydrogen (secondary N) is 1. The highest BCUT2D eigenvalue weighted by Gasteiger charge is 2.13. The summed E-state index contributed by atoms with van der Waals surface area (Å²) in [5.74, 6) is 0. The monoisotopic (exact) mass is 212 g/mol. The molecule has 6 heteroatoms. The molecule has 2 heterocycles. The number of rotatable bonds is 4. The predicted octanol–water partition coefficient (Wildman–Crippen LogP) is -0.680. The Bertz CT molecular complexity index is 296. The molecule has 0 aliphatic carbocycles. The van der Waals surface area contributed by atoms with Crippen LogP contribution in [0, 0.1) is 0 Å². The summed E-state index contributed by atoms with van der Waals surface area (Å²) < 4.78 is 12.5. The molecule has 0 radical (unpaired) electrons. The van der Waals surface area contributed by atoms with E-state index in [1.165, 1.54) is 0 Å². The molecular weight excluding hydrogens is 196 g/mol. The third kappa shape index (κ3) is 3.26. The van der Waals surface area contributed by atoms with E-state index in [9.17, 15) is 0 Å². The summed E-state index contributed by atoms with van der Waals surface area (Å²) in [4.78, 5) is 0. The Hall–Kier alpha value is -0.980. The molecule has 1 saturated heterocycles. The van der Waals surface area contributed by atoms with Crippen LogP contribution in [0.1, 0.15) is 5.69 Å². The van der Waals surface area contributed by atoms with Gasteiger partial charge in [0.15, 0.2) is 0 Å². The van der Waals surface area contributed by atoms with Gasteiger partial charge in [0.25, 0.3) is 0 Å². The lowest BCUT2D eigenvalue weighted by atomic mass is 10.3. The van der Waals surface area contributed by atoms with Gasteiger partial charge < -0.3 is 14.8 Å². The molecule has 0 aromatic carbocycles. The highest BCUT2D eigenvalue weighted by atomic mass is 16.6. The molecule has 1 aliphatic rings. The highest BCUT2D eigenvalue weighted by molar-refractivity contribution is 4.90. The molecule has 1 aliphatic heterocycles. The zero-order valence-corrected chi connectivity index (χ0v) is 8.85. The van der Waals surface area contributed by atoms with E-state index in [0.29, 0.717) is 26.4 Å². The summed E-state index contributed by atoms with van der Waals surface area (Å²) in [6.45, 7) is 3.58. The topological polar surface area (TPSA) is 61.2 Å². The second-order valence-corrected chi connectivity index (χ2v) is 3.58. The lowest BCUT2D eigenvalue weighted by Crippen LogP contribution is -2.37. The molecule has 1 fully saturated rings. The van der Waals surface area contributed by atoms with Crippen molar-refractivity contribution in [3.63, 3.8) is 0 Å². The van der Waals surface area contributed by atoms with Gasteiger partial charge in [0.1, 0.15) is 0 Å². The highest BCUT2D eigenvalue weighted by Crippen LogP contribution is 1.99. The van der Waals surface area contributed by atoms with Crippen LogP contribution in [-0.2, 0) is 23.1 Å². The summed E-state index contributed by atoms with van der Waals surface area (Å²) in [7, 11) is 1.86. The minimum atomic E-state index is 0.162. The Kier molecular flexibility index (Phi) is 3.65. The number of aromatic nitrogens is 3. The van der Waals surface area contributed by atoms with Gasteiger partial charge in [-0.3, -0.25) is 4.68 Å². The van der Waals surface area contributed by atoms with Crippen molar-refractivity contribution >= 4 is 0 Å². The van der Waals surface area contributed by atoms with Crippen molar-refractivity contribution < 1.29 is 9.47 Å². The second-order valence-electron chi connectivity index (χ2n) is 3.58. The zero-order valence-electron chi connectivity index (χ0n) is 8.85. The van der Waals surface area contributed by atoms with Crippen molar-refractivity contribution in [3.05, 3.63) is 11.9 Å². The minimum absolute atomic E-state index is 0.162. The van der Waals surface area contributed by atoms with E-state index in [2.05, 4.69) is 15.6 Å². The largest absolute Gasteiger partial charge is 0.376 e. The van der Waals surface area contributed by atoms with Crippen molar-refractivity contribution in [1.82, 2.24) is 20.3 Å². The van der Waals surface area contributed by atoms with Crippen LogP contribution in [0.5, 0.6) is 0 Å². The van der Waals surface area contributed by atoms with Gasteiger partial charge in [0.2, 0.25) is 0 Å². The van der Waals surface area contributed by atoms with E-state index < -0.39 is 0 Å². The Morgan fingerprint density at radius 2 is 2.53 bits per heavy atom. The minimum Gasteiger partial charge on any atom is -0.376 e. The third-order valence-electron chi connectivity index (χ3n) is 2.21. The van der Waals surface area contributed by atoms with Crippen molar-refractivity contribution in [2.24, 2.45) is 7.05 Å². The molecule has 1 aromatic rings. The van der Waals surface area contributed by atoms with Crippen LogP contribution in [-0.4, -0.2) is 47.5 Å². The first-order valence-electron chi connectivity index (χ1n) is 5.10. The van der Waals surface area contributed by atoms with Crippen LogP contribution < -0.4 is 5.32 Å². The number of nitrogens with zero attached hydrogens (tertiary/aromatic N) is 3. The smallest absolute Gasteiger partial charge is 0.0964 e. The van der Waals surface area contributed by atoms with Crippen LogP contribution >= 0.6 is 0 Å². The quantitative estimate of drug-likeness (QED) is 0.716. The van der Waals surface area contributed by atoms with Crippen LogP contribution in [0.15, 0.2) is 6.20 Å². The molecule has 15 heavy (non-hydrogen) atoms. The van der Waals surface area contributed by atoms with Gasteiger partial charge in [-0.25, -0.2) is 0 Å². The molecule has 1 aromatic heterocycles. The average Bonchev–Trinajstić information content (AvgIpc) is 2.66. The number of ether oxygens (including phenoxy) is 2. The maximum absolute atomic E-state index is 5.49. The lowest BCUT2D eigenvalue weighted by Gasteiger charge is -2.22. The molecule has 0 saturated carbocycles. The number of hydrogen-bond acceptors (Lipinski definition) is 5. The van der Waals surface area contributed by atoms with Gasteiger partial charge in [0.05, 0.1) is 31.6 Å². The molecule has 0 spiro atoms.